The summed E-state index contributed by atoms with van der Waals surface area (Å²) < 4.78 is 67.3. The lowest BCUT2D eigenvalue weighted by molar-refractivity contribution is -0.316. The molecule has 0 bridgehead atoms. The Morgan fingerprint density at radius 2 is 1.57 bits per heavy atom. The van der Waals surface area contributed by atoms with E-state index in [1.54, 1.807) is 19.1 Å². The number of nitrogens with one attached hydrogen (secondary N) is 2. The zero-order chi connectivity index (χ0) is 25.8. The number of carbonyl (C=O) groups is 2. The minimum atomic E-state index is -4.93. The van der Waals surface area contributed by atoms with Crippen molar-refractivity contribution in [3.8, 4) is 11.5 Å². The standard InChI is InChI=1S/C24H19ClF4N2O4/c1-14-7-9-15(10-8-14)23(26,27)24(28,29)35-19-12-11-16(13-20(19)34-2)30-22(33)31-21(32)17-5-3-4-6-18(17)25/h3-13H,1-2H3,(H2,30,31,32,33). The third-order valence-corrected chi connectivity index (χ3v) is 5.11. The van der Waals surface area contributed by atoms with Gasteiger partial charge in [0, 0.05) is 17.3 Å². The monoisotopic (exact) mass is 510 g/mol. The molecule has 0 aliphatic rings. The number of urea groups is 1. The van der Waals surface area contributed by atoms with Crippen LogP contribution in [0.3, 0.4) is 0 Å². The largest absolute Gasteiger partial charge is 0.493 e. The van der Waals surface area contributed by atoms with Crippen molar-refractivity contribution in [2.24, 2.45) is 0 Å². The Hall–Kier alpha value is -3.79. The van der Waals surface area contributed by atoms with Crippen LogP contribution >= 0.6 is 11.6 Å². The normalized spacial score (nSPS) is 11.5. The van der Waals surface area contributed by atoms with Gasteiger partial charge in [0.1, 0.15) is 0 Å². The number of aryl methyl sites for hydroxylation is 1. The van der Waals surface area contributed by atoms with Crippen LogP contribution in [-0.4, -0.2) is 25.2 Å². The zero-order valence-electron chi connectivity index (χ0n) is 18.4. The van der Waals surface area contributed by atoms with Crippen LogP contribution in [0, 0.1) is 6.92 Å². The maximum atomic E-state index is 14.5. The molecule has 11 heteroatoms. The molecule has 0 saturated heterocycles. The van der Waals surface area contributed by atoms with Crippen LogP contribution in [0.25, 0.3) is 0 Å². The Bertz CT molecular complexity index is 1240. The second-order valence-electron chi connectivity index (χ2n) is 7.31. The summed E-state index contributed by atoms with van der Waals surface area (Å²) in [5, 5.41) is 4.49. The van der Waals surface area contributed by atoms with Crippen LogP contribution in [0.15, 0.2) is 66.7 Å². The molecule has 0 aliphatic carbocycles. The molecule has 3 rings (SSSR count). The lowest BCUT2D eigenvalue weighted by Gasteiger charge is -2.27. The molecule has 0 atom stereocenters. The molecule has 0 spiro atoms. The Morgan fingerprint density at radius 3 is 2.20 bits per heavy atom. The number of amides is 3. The van der Waals surface area contributed by atoms with Gasteiger partial charge in [-0.15, -0.1) is 0 Å². The Morgan fingerprint density at radius 1 is 0.914 bits per heavy atom. The highest BCUT2D eigenvalue weighted by atomic mass is 35.5. The number of imide groups is 1. The summed E-state index contributed by atoms with van der Waals surface area (Å²) in [6.07, 6.45) is -4.93. The van der Waals surface area contributed by atoms with Gasteiger partial charge < -0.3 is 14.8 Å². The predicted octanol–water partition coefficient (Wildman–Crippen LogP) is 6.38. The van der Waals surface area contributed by atoms with E-state index in [-0.39, 0.29) is 22.0 Å². The molecule has 0 radical (unpaired) electrons. The summed E-state index contributed by atoms with van der Waals surface area (Å²) in [6.45, 7) is 1.63. The lowest BCUT2D eigenvalue weighted by Crippen LogP contribution is -2.43. The van der Waals surface area contributed by atoms with Crippen molar-refractivity contribution >= 4 is 29.2 Å². The second kappa shape index (κ2) is 10.2. The Labute approximate surface area is 202 Å². The van der Waals surface area contributed by atoms with Gasteiger partial charge >= 0.3 is 18.1 Å². The summed E-state index contributed by atoms with van der Waals surface area (Å²) in [7, 11) is 1.10. The molecule has 0 saturated carbocycles. The topological polar surface area (TPSA) is 76.7 Å². The van der Waals surface area contributed by atoms with E-state index in [1.807, 2.05) is 0 Å². The molecule has 0 heterocycles. The highest BCUT2D eigenvalue weighted by Gasteiger charge is 2.60. The summed E-state index contributed by atoms with van der Waals surface area (Å²) in [6, 6.07) is 12.5. The smallest absolute Gasteiger partial charge is 0.469 e. The number of carbonyl (C=O) groups excluding carboxylic acids is 2. The van der Waals surface area contributed by atoms with Crippen LogP contribution in [0.5, 0.6) is 11.5 Å². The van der Waals surface area contributed by atoms with Crippen LogP contribution in [0.2, 0.25) is 5.02 Å². The van der Waals surface area contributed by atoms with Gasteiger partial charge in [0.15, 0.2) is 11.5 Å². The van der Waals surface area contributed by atoms with Crippen molar-refractivity contribution in [3.05, 3.63) is 88.4 Å². The molecular weight excluding hydrogens is 492 g/mol. The van der Waals surface area contributed by atoms with Gasteiger partial charge in [0.25, 0.3) is 5.91 Å². The van der Waals surface area contributed by atoms with E-state index < -0.39 is 35.3 Å². The highest BCUT2D eigenvalue weighted by molar-refractivity contribution is 6.34. The minimum absolute atomic E-state index is 0.00673. The van der Waals surface area contributed by atoms with Gasteiger partial charge in [0.2, 0.25) is 0 Å². The summed E-state index contributed by atoms with van der Waals surface area (Å²) >= 11 is 5.91. The average molecular weight is 511 g/mol. The molecular formula is C24H19ClF4N2O4. The van der Waals surface area contributed by atoms with E-state index in [0.717, 1.165) is 37.4 Å². The first kappa shape index (κ1) is 25.8. The van der Waals surface area contributed by atoms with Crippen LogP contribution in [-0.2, 0) is 5.92 Å². The molecule has 184 valence electrons. The van der Waals surface area contributed by atoms with Crippen molar-refractivity contribution in [3.63, 3.8) is 0 Å². The van der Waals surface area contributed by atoms with Gasteiger partial charge in [-0.3, -0.25) is 10.1 Å². The fourth-order valence-electron chi connectivity index (χ4n) is 2.94. The van der Waals surface area contributed by atoms with E-state index in [1.165, 1.54) is 24.3 Å². The summed E-state index contributed by atoms with van der Waals surface area (Å²) in [5.41, 5.74) is -0.240. The quantitative estimate of drug-likeness (QED) is 0.361. The van der Waals surface area contributed by atoms with Gasteiger partial charge in [-0.25, -0.2) is 4.79 Å². The maximum Gasteiger partial charge on any atom is 0.469 e. The van der Waals surface area contributed by atoms with Gasteiger partial charge in [-0.2, -0.15) is 17.6 Å². The Balaban J connectivity index is 1.74. The predicted molar refractivity (Wildman–Crippen MR) is 122 cm³/mol. The maximum absolute atomic E-state index is 14.5. The number of alkyl halides is 4. The number of benzene rings is 3. The third kappa shape index (κ3) is 5.83. The van der Waals surface area contributed by atoms with Gasteiger partial charge in [-0.1, -0.05) is 53.6 Å². The fourth-order valence-corrected chi connectivity index (χ4v) is 3.16. The number of anilines is 1. The number of halogens is 5. The lowest BCUT2D eigenvalue weighted by atomic mass is 10.1. The van der Waals surface area contributed by atoms with E-state index in [2.05, 4.69) is 15.4 Å². The molecule has 35 heavy (non-hydrogen) atoms. The number of ether oxygens (including phenoxy) is 2. The van der Waals surface area contributed by atoms with Gasteiger partial charge in [-0.05, 0) is 31.2 Å². The minimum Gasteiger partial charge on any atom is -0.493 e. The van der Waals surface area contributed by atoms with E-state index in [9.17, 15) is 27.2 Å². The fraction of sp³-hybridized carbons (Fsp3) is 0.167. The third-order valence-electron chi connectivity index (χ3n) is 4.78. The molecule has 3 aromatic rings. The van der Waals surface area contributed by atoms with Crippen molar-refractivity contribution < 1.29 is 36.6 Å². The molecule has 3 amide bonds. The first-order valence-corrected chi connectivity index (χ1v) is 10.4. The van der Waals surface area contributed by atoms with Crippen molar-refractivity contribution in [2.75, 3.05) is 12.4 Å². The van der Waals surface area contributed by atoms with Crippen molar-refractivity contribution in [1.82, 2.24) is 5.32 Å². The van der Waals surface area contributed by atoms with Crippen molar-refractivity contribution in [2.45, 2.75) is 19.0 Å². The molecule has 0 aromatic heterocycles. The summed E-state index contributed by atoms with van der Waals surface area (Å²) in [5.74, 6) is -6.48. The first-order chi connectivity index (χ1) is 16.4. The van der Waals surface area contributed by atoms with Crippen LogP contribution < -0.4 is 20.1 Å². The van der Waals surface area contributed by atoms with Crippen LogP contribution in [0.1, 0.15) is 21.5 Å². The molecule has 6 nitrogen and oxygen atoms in total. The number of hydrogen-bond donors (Lipinski definition) is 2. The second-order valence-corrected chi connectivity index (χ2v) is 7.72. The number of hydrogen-bond acceptors (Lipinski definition) is 4. The Kier molecular flexibility index (Phi) is 7.54. The van der Waals surface area contributed by atoms with Crippen LogP contribution in [0.4, 0.5) is 28.0 Å². The zero-order valence-corrected chi connectivity index (χ0v) is 19.1. The molecule has 0 unspecified atom stereocenters. The van der Waals surface area contributed by atoms with E-state index >= 15 is 0 Å². The molecule has 3 aromatic carbocycles. The van der Waals surface area contributed by atoms with Gasteiger partial charge in [0.05, 0.1) is 17.7 Å². The van der Waals surface area contributed by atoms with E-state index in [0.29, 0.717) is 5.56 Å². The SMILES string of the molecule is COc1cc(NC(=O)NC(=O)c2ccccc2Cl)ccc1OC(F)(F)C(F)(F)c1ccc(C)cc1. The van der Waals surface area contributed by atoms with Crippen molar-refractivity contribution in [1.29, 1.82) is 0 Å². The first-order valence-electron chi connectivity index (χ1n) is 10.0. The number of methoxy groups -OCH3 is 1. The molecule has 0 fully saturated rings. The molecule has 0 aliphatic heterocycles. The molecule has 2 N–H and O–H groups in total. The average Bonchev–Trinajstić information content (AvgIpc) is 2.80. The van der Waals surface area contributed by atoms with E-state index in [4.69, 9.17) is 16.3 Å². The highest BCUT2D eigenvalue weighted by Crippen LogP contribution is 2.46. The summed E-state index contributed by atoms with van der Waals surface area (Å²) in [4.78, 5) is 24.3. The number of rotatable bonds is 7.